The molecule has 0 radical (unpaired) electrons. The molecule has 2 rings (SSSR count). The van der Waals surface area contributed by atoms with Crippen molar-refractivity contribution in [3.63, 3.8) is 0 Å². The van der Waals surface area contributed by atoms with Crippen molar-refractivity contribution in [2.45, 2.75) is 39.8 Å². The fourth-order valence-electron chi connectivity index (χ4n) is 2.22. The molecule has 0 aliphatic heterocycles. The van der Waals surface area contributed by atoms with E-state index in [1.807, 2.05) is 7.05 Å². The molecule has 0 unspecified atom stereocenters. The number of hydrogen-bond acceptors (Lipinski definition) is 3. The van der Waals surface area contributed by atoms with Crippen LogP contribution in [-0.2, 0) is 13.1 Å². The first-order chi connectivity index (χ1) is 8.22. The Morgan fingerprint density at radius 1 is 1.47 bits per heavy atom. The van der Waals surface area contributed by atoms with Gasteiger partial charge in [0, 0.05) is 18.7 Å². The van der Waals surface area contributed by atoms with Crippen LogP contribution in [0.25, 0.3) is 0 Å². The number of nitrogens with one attached hydrogen (secondary N) is 1. The van der Waals surface area contributed by atoms with Crippen LogP contribution in [0.4, 0.5) is 0 Å². The topological polar surface area (TPSA) is 28.4 Å². The van der Waals surface area contributed by atoms with Gasteiger partial charge in [0.05, 0.1) is 6.54 Å². The van der Waals surface area contributed by atoms with E-state index >= 15 is 0 Å². The minimum atomic E-state index is 0.815. The maximum absolute atomic E-state index is 5.73. The predicted octanol–water partition coefficient (Wildman–Crippen LogP) is 2.54. The van der Waals surface area contributed by atoms with Crippen LogP contribution in [0.3, 0.4) is 0 Å². The lowest BCUT2D eigenvalue weighted by molar-refractivity contribution is 0.266. The summed E-state index contributed by atoms with van der Waals surface area (Å²) < 4.78 is 5.73. The number of rotatable bonds is 7. The summed E-state index contributed by atoms with van der Waals surface area (Å²) in [6.07, 6.45) is 2.84. The van der Waals surface area contributed by atoms with Crippen LogP contribution in [-0.4, -0.2) is 25.0 Å². The molecule has 0 atom stereocenters. The summed E-state index contributed by atoms with van der Waals surface area (Å²) in [4.78, 5) is 2.53. The summed E-state index contributed by atoms with van der Waals surface area (Å²) in [6.45, 7) is 8.54. The molecule has 1 saturated carbocycles. The highest BCUT2D eigenvalue weighted by Gasteiger charge is 2.24. The lowest BCUT2D eigenvalue weighted by Crippen LogP contribution is -2.25. The fraction of sp³-hybridized carbons (Fsp3) is 0.714. The first kappa shape index (κ1) is 12.7. The average Bonchev–Trinajstić information content (AvgIpc) is 3.04. The molecule has 1 aromatic heterocycles. The molecule has 0 saturated heterocycles. The molecule has 1 aromatic rings. The van der Waals surface area contributed by atoms with Crippen LogP contribution in [0.1, 0.15) is 36.8 Å². The molecular formula is C14H24N2O. The van der Waals surface area contributed by atoms with Gasteiger partial charge in [-0.2, -0.15) is 0 Å². The van der Waals surface area contributed by atoms with Gasteiger partial charge in [0.1, 0.15) is 11.5 Å². The lowest BCUT2D eigenvalue weighted by atomic mass is 10.2. The number of furan rings is 1. The number of aryl methyl sites for hydroxylation is 1. The van der Waals surface area contributed by atoms with Gasteiger partial charge in [-0.15, -0.1) is 0 Å². The van der Waals surface area contributed by atoms with E-state index in [-0.39, 0.29) is 0 Å². The first-order valence-electron chi connectivity index (χ1n) is 6.68. The minimum absolute atomic E-state index is 0.815. The molecular weight excluding hydrogens is 212 g/mol. The van der Waals surface area contributed by atoms with E-state index in [0.29, 0.717) is 0 Å². The lowest BCUT2D eigenvalue weighted by Gasteiger charge is -2.19. The molecule has 1 aliphatic carbocycles. The Labute approximate surface area is 104 Å². The van der Waals surface area contributed by atoms with Crippen LogP contribution in [0.15, 0.2) is 10.5 Å². The second-order valence-electron chi connectivity index (χ2n) is 5.10. The SMILES string of the molecule is CCN(Cc1cc(CNC)oc1C)CC1CC1. The minimum Gasteiger partial charge on any atom is -0.465 e. The Balaban J connectivity index is 1.94. The molecule has 3 nitrogen and oxygen atoms in total. The van der Waals surface area contributed by atoms with Gasteiger partial charge in [-0.05, 0) is 45.3 Å². The Morgan fingerprint density at radius 3 is 2.82 bits per heavy atom. The maximum atomic E-state index is 5.73. The highest BCUT2D eigenvalue weighted by molar-refractivity contribution is 5.20. The van der Waals surface area contributed by atoms with Gasteiger partial charge in [0.2, 0.25) is 0 Å². The number of hydrogen-bond donors (Lipinski definition) is 1. The van der Waals surface area contributed by atoms with Crippen LogP contribution in [0.5, 0.6) is 0 Å². The van der Waals surface area contributed by atoms with Crippen molar-refractivity contribution < 1.29 is 4.42 Å². The van der Waals surface area contributed by atoms with Crippen molar-refractivity contribution in [3.05, 3.63) is 23.2 Å². The van der Waals surface area contributed by atoms with Crippen molar-refractivity contribution in [1.82, 2.24) is 10.2 Å². The summed E-state index contributed by atoms with van der Waals surface area (Å²) in [5.41, 5.74) is 1.35. The molecule has 96 valence electrons. The van der Waals surface area contributed by atoms with Crippen LogP contribution in [0.2, 0.25) is 0 Å². The Bertz CT molecular complexity index is 355. The second-order valence-corrected chi connectivity index (χ2v) is 5.10. The van der Waals surface area contributed by atoms with E-state index < -0.39 is 0 Å². The summed E-state index contributed by atoms with van der Waals surface area (Å²) in [6, 6.07) is 2.20. The third-order valence-electron chi connectivity index (χ3n) is 3.48. The molecule has 3 heteroatoms. The quantitative estimate of drug-likeness (QED) is 0.788. The Hall–Kier alpha value is -0.800. The van der Waals surface area contributed by atoms with Gasteiger partial charge >= 0.3 is 0 Å². The molecule has 1 N–H and O–H groups in total. The van der Waals surface area contributed by atoms with Gasteiger partial charge in [0.25, 0.3) is 0 Å². The zero-order valence-corrected chi connectivity index (χ0v) is 11.3. The average molecular weight is 236 g/mol. The van der Waals surface area contributed by atoms with Crippen molar-refractivity contribution in [1.29, 1.82) is 0 Å². The Morgan fingerprint density at radius 2 is 2.24 bits per heavy atom. The summed E-state index contributed by atoms with van der Waals surface area (Å²) in [5, 5.41) is 3.13. The second kappa shape index (κ2) is 5.69. The Kier molecular flexibility index (Phi) is 4.24. The molecule has 0 amide bonds. The van der Waals surface area contributed by atoms with E-state index in [2.05, 4.69) is 30.1 Å². The van der Waals surface area contributed by atoms with Gasteiger partial charge in [-0.3, -0.25) is 4.90 Å². The normalized spacial score (nSPS) is 15.8. The van der Waals surface area contributed by atoms with Crippen LogP contribution < -0.4 is 5.32 Å². The summed E-state index contributed by atoms with van der Waals surface area (Å²) in [5.74, 6) is 3.07. The monoisotopic (exact) mass is 236 g/mol. The largest absolute Gasteiger partial charge is 0.465 e. The number of nitrogens with zero attached hydrogens (tertiary/aromatic N) is 1. The molecule has 0 aromatic carbocycles. The molecule has 0 bridgehead atoms. The first-order valence-corrected chi connectivity index (χ1v) is 6.68. The van der Waals surface area contributed by atoms with Crippen molar-refractivity contribution in [2.75, 3.05) is 20.1 Å². The standard InChI is InChI=1S/C14H24N2O/c1-4-16(9-12-5-6-12)10-13-7-14(8-15-3)17-11(13)2/h7,12,15H,4-6,8-10H2,1-3H3. The molecule has 1 heterocycles. The van der Waals surface area contributed by atoms with E-state index in [0.717, 1.165) is 37.1 Å². The third kappa shape index (κ3) is 3.58. The fourth-order valence-corrected chi connectivity index (χ4v) is 2.22. The maximum Gasteiger partial charge on any atom is 0.118 e. The van der Waals surface area contributed by atoms with E-state index in [9.17, 15) is 0 Å². The summed E-state index contributed by atoms with van der Waals surface area (Å²) in [7, 11) is 1.95. The highest BCUT2D eigenvalue weighted by Crippen LogP contribution is 2.30. The van der Waals surface area contributed by atoms with Crippen LogP contribution >= 0.6 is 0 Å². The van der Waals surface area contributed by atoms with E-state index in [1.54, 1.807) is 0 Å². The van der Waals surface area contributed by atoms with Crippen molar-refractivity contribution in [2.24, 2.45) is 5.92 Å². The van der Waals surface area contributed by atoms with Crippen LogP contribution in [0, 0.1) is 12.8 Å². The molecule has 1 fully saturated rings. The van der Waals surface area contributed by atoms with Gasteiger partial charge in [-0.25, -0.2) is 0 Å². The molecule has 0 spiro atoms. The predicted molar refractivity (Wildman–Crippen MR) is 69.9 cm³/mol. The van der Waals surface area contributed by atoms with Crippen molar-refractivity contribution >= 4 is 0 Å². The molecule has 1 aliphatic rings. The zero-order chi connectivity index (χ0) is 12.3. The smallest absolute Gasteiger partial charge is 0.118 e. The van der Waals surface area contributed by atoms with E-state index in [1.165, 1.54) is 24.9 Å². The van der Waals surface area contributed by atoms with Gasteiger partial charge < -0.3 is 9.73 Å². The molecule has 17 heavy (non-hydrogen) atoms. The van der Waals surface area contributed by atoms with E-state index in [4.69, 9.17) is 4.42 Å². The van der Waals surface area contributed by atoms with Gasteiger partial charge in [0.15, 0.2) is 0 Å². The highest BCUT2D eigenvalue weighted by atomic mass is 16.3. The van der Waals surface area contributed by atoms with Gasteiger partial charge in [-0.1, -0.05) is 6.92 Å². The van der Waals surface area contributed by atoms with Crippen molar-refractivity contribution in [3.8, 4) is 0 Å². The summed E-state index contributed by atoms with van der Waals surface area (Å²) >= 11 is 0. The zero-order valence-electron chi connectivity index (χ0n) is 11.3. The third-order valence-corrected chi connectivity index (χ3v) is 3.48.